The van der Waals surface area contributed by atoms with Gasteiger partial charge in [-0.25, -0.2) is 8.42 Å². The number of anilines is 1. The average Bonchev–Trinajstić information content (AvgIpc) is 2.94. The summed E-state index contributed by atoms with van der Waals surface area (Å²) in [6.45, 7) is 2.35. The van der Waals surface area contributed by atoms with Crippen LogP contribution >= 0.6 is 34.8 Å². The molecular formula is C28H27Cl3F3N3O4S. The van der Waals surface area contributed by atoms with Gasteiger partial charge in [0.15, 0.2) is 0 Å². The van der Waals surface area contributed by atoms with Crippen LogP contribution in [0.1, 0.15) is 31.4 Å². The highest BCUT2D eigenvalue weighted by atomic mass is 35.5. The summed E-state index contributed by atoms with van der Waals surface area (Å²) in [4.78, 5) is 27.6. The van der Waals surface area contributed by atoms with Gasteiger partial charge in [0.1, 0.15) is 12.6 Å². The Bertz CT molecular complexity index is 1520. The fourth-order valence-electron chi connectivity index (χ4n) is 3.97. The smallest absolute Gasteiger partial charge is 0.354 e. The van der Waals surface area contributed by atoms with E-state index in [1.165, 1.54) is 43.3 Å². The maximum atomic E-state index is 13.9. The molecule has 0 saturated carbocycles. The first-order valence-corrected chi connectivity index (χ1v) is 15.2. The summed E-state index contributed by atoms with van der Waals surface area (Å²) in [5, 5.41) is 2.43. The van der Waals surface area contributed by atoms with Gasteiger partial charge in [0.05, 0.1) is 21.2 Å². The van der Waals surface area contributed by atoms with Crippen molar-refractivity contribution in [1.82, 2.24) is 10.2 Å². The van der Waals surface area contributed by atoms with Gasteiger partial charge in [-0.15, -0.1) is 0 Å². The molecule has 1 unspecified atom stereocenters. The molecule has 0 aliphatic heterocycles. The molecule has 0 radical (unpaired) electrons. The number of alkyl halides is 3. The molecule has 226 valence electrons. The second kappa shape index (κ2) is 14.0. The van der Waals surface area contributed by atoms with Crippen LogP contribution in [-0.4, -0.2) is 44.3 Å². The standard InChI is InChI=1S/C28H27Cl3F3N3O4S/c1-3-14-35-27(39)18(2)36(16-21-23(29)10-7-11-24(21)30)26(38)17-37(42(40,41)20-8-5-4-6-9-20)19-12-13-25(31)22(15-19)28(32,33)34/h4-13,15,18H,3,14,16-17H2,1-2H3,(H,35,39). The molecule has 0 saturated heterocycles. The average molecular weight is 665 g/mol. The van der Waals surface area contributed by atoms with Crippen LogP contribution in [0.5, 0.6) is 0 Å². The molecule has 0 fully saturated rings. The van der Waals surface area contributed by atoms with E-state index >= 15 is 0 Å². The number of hydrogen-bond acceptors (Lipinski definition) is 4. The molecule has 7 nitrogen and oxygen atoms in total. The van der Waals surface area contributed by atoms with Gasteiger partial charge in [-0.2, -0.15) is 13.2 Å². The predicted molar refractivity (Wildman–Crippen MR) is 157 cm³/mol. The zero-order valence-corrected chi connectivity index (χ0v) is 25.5. The number of hydrogen-bond donors (Lipinski definition) is 1. The van der Waals surface area contributed by atoms with Crippen LogP contribution in [0.25, 0.3) is 0 Å². The third-order valence-electron chi connectivity index (χ3n) is 6.26. The van der Waals surface area contributed by atoms with E-state index in [2.05, 4.69) is 5.32 Å². The van der Waals surface area contributed by atoms with E-state index in [4.69, 9.17) is 34.8 Å². The van der Waals surface area contributed by atoms with E-state index in [9.17, 15) is 31.2 Å². The SMILES string of the molecule is CCCNC(=O)C(C)N(Cc1c(Cl)cccc1Cl)C(=O)CN(c1ccc(Cl)c(C(F)(F)F)c1)S(=O)(=O)c1ccccc1. The monoisotopic (exact) mass is 663 g/mol. The number of nitrogens with zero attached hydrogens (tertiary/aromatic N) is 2. The van der Waals surface area contributed by atoms with Crippen molar-refractivity contribution in [3.63, 3.8) is 0 Å². The second-order valence-corrected chi connectivity index (χ2v) is 12.3. The zero-order chi connectivity index (χ0) is 31.2. The van der Waals surface area contributed by atoms with Gasteiger partial charge in [-0.3, -0.25) is 13.9 Å². The summed E-state index contributed by atoms with van der Waals surface area (Å²) in [5.74, 6) is -1.43. The molecule has 0 aliphatic carbocycles. The Morgan fingerprint density at radius 3 is 2.12 bits per heavy atom. The fourth-order valence-corrected chi connectivity index (χ4v) is 6.14. The van der Waals surface area contributed by atoms with Gasteiger partial charge < -0.3 is 10.2 Å². The molecular weight excluding hydrogens is 638 g/mol. The highest BCUT2D eigenvalue weighted by molar-refractivity contribution is 7.92. The van der Waals surface area contributed by atoms with Crippen LogP contribution in [0.3, 0.4) is 0 Å². The summed E-state index contributed by atoms with van der Waals surface area (Å²) >= 11 is 18.4. The molecule has 3 aromatic carbocycles. The minimum absolute atomic E-state index is 0.197. The van der Waals surface area contributed by atoms with Crippen molar-refractivity contribution in [1.29, 1.82) is 0 Å². The zero-order valence-electron chi connectivity index (χ0n) is 22.5. The summed E-state index contributed by atoms with van der Waals surface area (Å²) in [6, 6.07) is 13.0. The molecule has 3 aromatic rings. The van der Waals surface area contributed by atoms with E-state index in [1.807, 2.05) is 6.92 Å². The van der Waals surface area contributed by atoms with Gasteiger partial charge in [-0.1, -0.05) is 66.0 Å². The number of carbonyl (C=O) groups is 2. The number of rotatable bonds is 11. The summed E-state index contributed by atoms with van der Waals surface area (Å²) in [7, 11) is -4.58. The van der Waals surface area contributed by atoms with Gasteiger partial charge in [0.2, 0.25) is 11.8 Å². The number of nitrogens with one attached hydrogen (secondary N) is 1. The number of benzene rings is 3. The third kappa shape index (κ3) is 7.89. The Kier molecular flexibility index (Phi) is 11.2. The van der Waals surface area contributed by atoms with E-state index in [0.717, 1.165) is 17.0 Å². The van der Waals surface area contributed by atoms with Crippen molar-refractivity contribution < 1.29 is 31.2 Å². The first-order chi connectivity index (χ1) is 19.7. The normalized spacial score (nSPS) is 12.5. The Balaban J connectivity index is 2.13. The van der Waals surface area contributed by atoms with Crippen LogP contribution in [0.2, 0.25) is 15.1 Å². The largest absolute Gasteiger partial charge is 0.417 e. The van der Waals surface area contributed by atoms with Gasteiger partial charge in [0.25, 0.3) is 10.0 Å². The Labute approximate surface area is 257 Å². The Morgan fingerprint density at radius 1 is 0.929 bits per heavy atom. The predicted octanol–water partition coefficient (Wildman–Crippen LogP) is 6.80. The van der Waals surface area contributed by atoms with E-state index in [1.54, 1.807) is 12.1 Å². The van der Waals surface area contributed by atoms with Gasteiger partial charge >= 0.3 is 6.18 Å². The van der Waals surface area contributed by atoms with Crippen LogP contribution in [-0.2, 0) is 32.3 Å². The quantitative estimate of drug-likeness (QED) is 0.244. The molecule has 42 heavy (non-hydrogen) atoms. The lowest BCUT2D eigenvalue weighted by molar-refractivity contribution is -0.139. The fraction of sp³-hybridized carbons (Fsp3) is 0.286. The minimum Gasteiger partial charge on any atom is -0.354 e. The molecule has 0 bridgehead atoms. The number of halogens is 6. The van der Waals surface area contributed by atoms with Gasteiger partial charge in [-0.05, 0) is 55.8 Å². The minimum atomic E-state index is -4.90. The van der Waals surface area contributed by atoms with Crippen LogP contribution in [0.15, 0.2) is 71.6 Å². The topological polar surface area (TPSA) is 86.8 Å². The van der Waals surface area contributed by atoms with Crippen molar-refractivity contribution in [3.05, 3.63) is 92.9 Å². The molecule has 3 rings (SSSR count). The molecule has 1 atom stereocenters. The maximum Gasteiger partial charge on any atom is 0.417 e. The number of carbonyl (C=O) groups excluding carboxylic acids is 2. The lowest BCUT2D eigenvalue weighted by Gasteiger charge is -2.32. The molecule has 0 aliphatic rings. The summed E-state index contributed by atoms with van der Waals surface area (Å²) < 4.78 is 69.2. The first-order valence-electron chi connectivity index (χ1n) is 12.6. The molecule has 0 aromatic heterocycles. The third-order valence-corrected chi connectivity index (χ3v) is 9.09. The number of sulfonamides is 1. The maximum absolute atomic E-state index is 13.9. The van der Waals surface area contributed by atoms with Crippen molar-refractivity contribution in [3.8, 4) is 0 Å². The van der Waals surface area contributed by atoms with Crippen molar-refractivity contribution in [2.45, 2.75) is 43.9 Å². The Hall–Kier alpha value is -2.99. The van der Waals surface area contributed by atoms with Crippen LogP contribution in [0, 0.1) is 0 Å². The van der Waals surface area contributed by atoms with Crippen molar-refractivity contribution in [2.75, 3.05) is 17.4 Å². The van der Waals surface area contributed by atoms with Crippen molar-refractivity contribution in [2.24, 2.45) is 0 Å². The summed E-state index contributed by atoms with van der Waals surface area (Å²) in [6.07, 6.45) is -4.29. The first kappa shape index (κ1) is 33.5. The molecule has 0 heterocycles. The highest BCUT2D eigenvalue weighted by Crippen LogP contribution is 2.38. The highest BCUT2D eigenvalue weighted by Gasteiger charge is 2.37. The Morgan fingerprint density at radius 2 is 1.55 bits per heavy atom. The van der Waals surface area contributed by atoms with E-state index in [0.29, 0.717) is 28.9 Å². The lowest BCUT2D eigenvalue weighted by Crippen LogP contribution is -2.51. The van der Waals surface area contributed by atoms with Crippen LogP contribution in [0.4, 0.5) is 18.9 Å². The molecule has 2 amide bonds. The molecule has 0 spiro atoms. The van der Waals surface area contributed by atoms with Crippen LogP contribution < -0.4 is 9.62 Å². The van der Waals surface area contributed by atoms with Crippen molar-refractivity contribution >= 4 is 62.3 Å². The van der Waals surface area contributed by atoms with Gasteiger partial charge in [0, 0.05) is 28.7 Å². The second-order valence-electron chi connectivity index (χ2n) is 9.18. The van der Waals surface area contributed by atoms with E-state index in [-0.39, 0.29) is 21.5 Å². The molecule has 14 heteroatoms. The lowest BCUT2D eigenvalue weighted by atomic mass is 10.1. The van der Waals surface area contributed by atoms with E-state index < -0.39 is 56.9 Å². The summed E-state index contributed by atoms with van der Waals surface area (Å²) in [5.41, 5.74) is -1.44. The molecule has 1 N–H and O–H groups in total. The number of amides is 2.